The van der Waals surface area contributed by atoms with E-state index in [1.165, 1.54) is 18.0 Å². The molecular formula is C28H30N6O3S. The van der Waals surface area contributed by atoms with Crippen molar-refractivity contribution >= 4 is 34.4 Å². The van der Waals surface area contributed by atoms with E-state index in [2.05, 4.69) is 34.0 Å². The first-order valence-corrected chi connectivity index (χ1v) is 13.6. The van der Waals surface area contributed by atoms with Crippen molar-refractivity contribution in [1.82, 2.24) is 25.3 Å². The van der Waals surface area contributed by atoms with Crippen LogP contribution in [0.15, 0.2) is 66.0 Å². The number of aliphatic hydroxyl groups is 1. The van der Waals surface area contributed by atoms with Crippen molar-refractivity contribution in [1.29, 1.82) is 0 Å². The number of aliphatic hydroxyl groups excluding tert-OH is 1. The lowest BCUT2D eigenvalue weighted by molar-refractivity contribution is -0.00545. The van der Waals surface area contributed by atoms with Gasteiger partial charge >= 0.3 is 0 Å². The number of morpholine rings is 1. The molecule has 1 saturated heterocycles. The predicted octanol–water partition coefficient (Wildman–Crippen LogP) is 3.71. The Balaban J connectivity index is 1.31. The van der Waals surface area contributed by atoms with E-state index < -0.39 is 0 Å². The van der Waals surface area contributed by atoms with Gasteiger partial charge in [-0.15, -0.1) is 11.8 Å². The minimum atomic E-state index is -0.236. The van der Waals surface area contributed by atoms with Crippen LogP contribution >= 0.6 is 11.8 Å². The Morgan fingerprint density at radius 1 is 1.08 bits per heavy atom. The Hall–Kier alpha value is -3.60. The molecule has 9 nitrogen and oxygen atoms in total. The van der Waals surface area contributed by atoms with Crippen molar-refractivity contribution in [3.8, 4) is 11.4 Å². The van der Waals surface area contributed by atoms with Crippen molar-refractivity contribution in [2.24, 2.45) is 0 Å². The van der Waals surface area contributed by atoms with Crippen molar-refractivity contribution in [2.45, 2.75) is 37.5 Å². The fraction of sp³-hybridized carbons (Fsp3) is 0.321. The van der Waals surface area contributed by atoms with E-state index in [1.54, 1.807) is 18.5 Å². The quantitative estimate of drug-likeness (QED) is 0.329. The molecule has 0 spiro atoms. The molecule has 4 aromatic heterocycles. The molecule has 0 saturated carbocycles. The van der Waals surface area contributed by atoms with Gasteiger partial charge in [-0.2, -0.15) is 0 Å². The topological polar surface area (TPSA) is 113 Å². The number of aromatic nitrogens is 4. The molecule has 2 atom stereocenters. The van der Waals surface area contributed by atoms with Gasteiger partial charge in [0.25, 0.3) is 5.91 Å². The maximum absolute atomic E-state index is 12.7. The third-order valence-corrected chi connectivity index (χ3v) is 7.08. The molecule has 2 N–H and O–H groups in total. The molecule has 0 radical (unpaired) electrons. The molecule has 5 rings (SSSR count). The number of carbonyl (C=O) groups is 1. The first-order chi connectivity index (χ1) is 18.5. The minimum absolute atomic E-state index is 0.0679. The van der Waals surface area contributed by atoms with E-state index >= 15 is 0 Å². The highest BCUT2D eigenvalue weighted by atomic mass is 32.2. The van der Waals surface area contributed by atoms with Gasteiger partial charge in [-0.1, -0.05) is 6.07 Å². The van der Waals surface area contributed by atoms with Crippen LogP contribution in [-0.4, -0.2) is 68.6 Å². The number of pyridine rings is 4. The molecule has 0 aromatic carbocycles. The summed E-state index contributed by atoms with van der Waals surface area (Å²) in [5.74, 6) is 1.23. The summed E-state index contributed by atoms with van der Waals surface area (Å²) in [5, 5.41) is 12.8. The Morgan fingerprint density at radius 3 is 2.71 bits per heavy atom. The number of thioether (sulfide) groups is 1. The van der Waals surface area contributed by atoms with E-state index in [9.17, 15) is 4.79 Å². The summed E-state index contributed by atoms with van der Waals surface area (Å²) in [6.07, 6.45) is 5.28. The third-order valence-electron chi connectivity index (χ3n) is 6.14. The fourth-order valence-corrected chi connectivity index (χ4v) is 5.14. The monoisotopic (exact) mass is 530 g/mol. The standard InChI is InChI=1S/C28H30N6O3S/c1-18-16-34(17-19(2)37-18)27-5-3-4-24(33-27)25-7-6-20-13-30-22(11-26(20)32-25)14-31-28(36)21-10-23(15-29-12-21)38-9-8-35/h3-7,10-13,15,18-19,35H,8-9,14,16-17H2,1-2H3,(H,31,36)/t18-,19+. The number of ether oxygens (including phenoxy) is 1. The summed E-state index contributed by atoms with van der Waals surface area (Å²) in [6, 6.07) is 13.6. The van der Waals surface area contributed by atoms with E-state index in [1.807, 2.05) is 36.4 Å². The van der Waals surface area contributed by atoms with Gasteiger partial charge in [0.1, 0.15) is 5.82 Å². The highest BCUT2D eigenvalue weighted by molar-refractivity contribution is 7.99. The summed E-state index contributed by atoms with van der Waals surface area (Å²) in [7, 11) is 0. The zero-order valence-electron chi connectivity index (χ0n) is 21.4. The number of hydrogen-bond donors (Lipinski definition) is 2. The van der Waals surface area contributed by atoms with Crippen molar-refractivity contribution in [3.05, 3.63) is 72.3 Å². The third kappa shape index (κ3) is 6.27. The van der Waals surface area contributed by atoms with E-state index in [0.29, 0.717) is 17.0 Å². The number of fused-ring (bicyclic) bond motifs is 1. The van der Waals surface area contributed by atoms with Crippen molar-refractivity contribution in [2.75, 3.05) is 30.3 Å². The molecule has 1 amide bonds. The molecule has 1 aliphatic rings. The molecule has 0 bridgehead atoms. The average molecular weight is 531 g/mol. The second kappa shape index (κ2) is 11.8. The first kappa shape index (κ1) is 26.0. The number of rotatable bonds is 8. The molecule has 0 aliphatic carbocycles. The Bertz CT molecular complexity index is 1420. The Labute approximate surface area is 225 Å². The van der Waals surface area contributed by atoms with Gasteiger partial charge in [-0.05, 0) is 50.2 Å². The van der Waals surface area contributed by atoms with Crippen LogP contribution in [0.4, 0.5) is 5.82 Å². The predicted molar refractivity (Wildman–Crippen MR) is 148 cm³/mol. The van der Waals surface area contributed by atoms with E-state index in [4.69, 9.17) is 19.8 Å². The number of nitrogens with zero attached hydrogens (tertiary/aromatic N) is 5. The van der Waals surface area contributed by atoms with Crippen LogP contribution in [0, 0.1) is 0 Å². The molecule has 1 aliphatic heterocycles. The fourth-order valence-electron chi connectivity index (χ4n) is 4.46. The van der Waals surface area contributed by atoms with E-state index in [0.717, 1.165) is 46.1 Å². The number of carbonyl (C=O) groups excluding carboxylic acids is 1. The van der Waals surface area contributed by atoms with Gasteiger partial charge in [0, 0.05) is 47.7 Å². The summed E-state index contributed by atoms with van der Waals surface area (Å²) in [4.78, 5) is 34.1. The van der Waals surface area contributed by atoms with Gasteiger partial charge in [0.05, 0.1) is 53.5 Å². The maximum atomic E-state index is 12.7. The lowest BCUT2D eigenvalue weighted by Gasteiger charge is -2.36. The summed E-state index contributed by atoms with van der Waals surface area (Å²) in [6.45, 7) is 6.09. The van der Waals surface area contributed by atoms with Crippen LogP contribution in [-0.2, 0) is 11.3 Å². The van der Waals surface area contributed by atoms with Gasteiger partial charge in [-0.3, -0.25) is 14.8 Å². The zero-order valence-corrected chi connectivity index (χ0v) is 22.2. The summed E-state index contributed by atoms with van der Waals surface area (Å²) in [5.41, 5.74) is 3.52. The number of nitrogens with one attached hydrogen (secondary N) is 1. The normalized spacial score (nSPS) is 17.5. The first-order valence-electron chi connectivity index (χ1n) is 12.6. The lowest BCUT2D eigenvalue weighted by Crippen LogP contribution is -2.45. The summed E-state index contributed by atoms with van der Waals surface area (Å²) >= 11 is 1.45. The molecule has 0 unspecified atom stereocenters. The van der Waals surface area contributed by atoms with Crippen LogP contribution in [0.25, 0.3) is 22.3 Å². The van der Waals surface area contributed by atoms with Crippen molar-refractivity contribution < 1.29 is 14.6 Å². The largest absolute Gasteiger partial charge is 0.396 e. The van der Waals surface area contributed by atoms with Gasteiger partial charge in [0.15, 0.2) is 0 Å². The van der Waals surface area contributed by atoms with E-state index in [-0.39, 0.29) is 31.3 Å². The Kier molecular flexibility index (Phi) is 8.11. The molecule has 4 aromatic rings. The number of anilines is 1. The van der Waals surface area contributed by atoms with Gasteiger partial charge in [0.2, 0.25) is 0 Å². The van der Waals surface area contributed by atoms with Crippen LogP contribution in [0.3, 0.4) is 0 Å². The van der Waals surface area contributed by atoms with Crippen LogP contribution < -0.4 is 10.2 Å². The zero-order chi connectivity index (χ0) is 26.5. The van der Waals surface area contributed by atoms with Crippen LogP contribution in [0.5, 0.6) is 0 Å². The molecule has 5 heterocycles. The average Bonchev–Trinajstić information content (AvgIpc) is 2.94. The van der Waals surface area contributed by atoms with Crippen LogP contribution in [0.2, 0.25) is 0 Å². The maximum Gasteiger partial charge on any atom is 0.253 e. The number of hydrogen-bond acceptors (Lipinski definition) is 9. The van der Waals surface area contributed by atoms with Crippen LogP contribution in [0.1, 0.15) is 29.9 Å². The molecule has 10 heteroatoms. The second-order valence-electron chi connectivity index (χ2n) is 9.27. The summed E-state index contributed by atoms with van der Waals surface area (Å²) < 4.78 is 5.86. The van der Waals surface area contributed by atoms with Gasteiger partial charge in [-0.25, -0.2) is 9.97 Å². The molecule has 38 heavy (non-hydrogen) atoms. The molecule has 1 fully saturated rings. The molecule has 196 valence electrons. The van der Waals surface area contributed by atoms with Crippen molar-refractivity contribution in [3.63, 3.8) is 0 Å². The van der Waals surface area contributed by atoms with Gasteiger partial charge < -0.3 is 20.1 Å². The highest BCUT2D eigenvalue weighted by Gasteiger charge is 2.23. The lowest BCUT2D eigenvalue weighted by atomic mass is 10.1. The number of amides is 1. The SMILES string of the molecule is C[C@@H]1CN(c2cccc(-c3ccc4cnc(CNC(=O)c5cncc(SCCO)c5)cc4n3)n2)C[C@H](C)O1. The minimum Gasteiger partial charge on any atom is -0.396 e. The highest BCUT2D eigenvalue weighted by Crippen LogP contribution is 2.24. The second-order valence-corrected chi connectivity index (χ2v) is 10.4. The Morgan fingerprint density at radius 2 is 1.89 bits per heavy atom. The smallest absolute Gasteiger partial charge is 0.253 e. The molecular weight excluding hydrogens is 500 g/mol.